The molecule has 32 heavy (non-hydrogen) atoms. The highest BCUT2D eigenvalue weighted by Gasteiger charge is 2.32. The summed E-state index contributed by atoms with van der Waals surface area (Å²) in [7, 11) is 0. The average Bonchev–Trinajstić information content (AvgIpc) is 2.75. The molecule has 10 heteroatoms. The first-order valence-electron chi connectivity index (χ1n) is 10.6. The summed E-state index contributed by atoms with van der Waals surface area (Å²) in [4.78, 5) is 8.36. The number of halogens is 3. The van der Waals surface area contributed by atoms with E-state index in [1.165, 1.54) is 6.07 Å². The Hall–Kier alpha value is -2.88. The van der Waals surface area contributed by atoms with E-state index in [1.54, 1.807) is 0 Å². The molecule has 2 aliphatic rings. The SMILES string of the molecule is CC1CCCc2c(N[C@@H]3CCCNC3)nnc(-c3ccc(C(F)(F)F)cc3O)c21.O=CO. The number of carboxylic acid groups (broad SMARTS) is 1. The highest BCUT2D eigenvalue weighted by atomic mass is 19.4. The maximum atomic E-state index is 13.0. The summed E-state index contributed by atoms with van der Waals surface area (Å²) in [5, 5.41) is 32.8. The van der Waals surface area contributed by atoms with Gasteiger partial charge in [0.1, 0.15) is 11.4 Å². The molecular weight excluding hydrogens is 425 g/mol. The molecule has 0 amide bonds. The third kappa shape index (κ3) is 5.29. The molecular formula is C22H27F3N4O3. The van der Waals surface area contributed by atoms with Gasteiger partial charge in [0, 0.05) is 23.7 Å². The lowest BCUT2D eigenvalue weighted by Crippen LogP contribution is -2.39. The molecule has 1 aromatic heterocycles. The Morgan fingerprint density at radius 1 is 1.22 bits per heavy atom. The lowest BCUT2D eigenvalue weighted by atomic mass is 9.81. The lowest BCUT2D eigenvalue weighted by molar-refractivity contribution is -0.137. The van der Waals surface area contributed by atoms with Gasteiger partial charge in [-0.25, -0.2) is 0 Å². The van der Waals surface area contributed by atoms with Gasteiger partial charge in [0.15, 0.2) is 5.82 Å². The smallest absolute Gasteiger partial charge is 0.416 e. The fourth-order valence-electron chi connectivity index (χ4n) is 4.39. The van der Waals surface area contributed by atoms with Crippen molar-refractivity contribution in [2.75, 3.05) is 18.4 Å². The van der Waals surface area contributed by atoms with Gasteiger partial charge < -0.3 is 20.8 Å². The predicted molar refractivity (Wildman–Crippen MR) is 114 cm³/mol. The zero-order valence-corrected chi connectivity index (χ0v) is 17.7. The summed E-state index contributed by atoms with van der Waals surface area (Å²) in [5.74, 6) is 0.526. The molecule has 7 nitrogen and oxygen atoms in total. The van der Waals surface area contributed by atoms with Crippen molar-refractivity contribution >= 4 is 12.3 Å². The van der Waals surface area contributed by atoms with Crippen LogP contribution in [0.15, 0.2) is 18.2 Å². The van der Waals surface area contributed by atoms with E-state index in [1.807, 2.05) is 0 Å². The number of fused-ring (bicyclic) bond motifs is 1. The van der Waals surface area contributed by atoms with Gasteiger partial charge in [-0.2, -0.15) is 13.2 Å². The van der Waals surface area contributed by atoms with Crippen molar-refractivity contribution in [2.24, 2.45) is 0 Å². The van der Waals surface area contributed by atoms with Crippen LogP contribution >= 0.6 is 0 Å². The summed E-state index contributed by atoms with van der Waals surface area (Å²) < 4.78 is 38.9. The van der Waals surface area contributed by atoms with Crippen molar-refractivity contribution in [3.05, 3.63) is 34.9 Å². The number of rotatable bonds is 3. The molecule has 0 saturated carbocycles. The summed E-state index contributed by atoms with van der Waals surface area (Å²) >= 11 is 0. The minimum absolute atomic E-state index is 0.191. The van der Waals surface area contributed by atoms with E-state index < -0.39 is 17.5 Å². The third-order valence-electron chi connectivity index (χ3n) is 5.89. The van der Waals surface area contributed by atoms with Crippen LogP contribution in [-0.2, 0) is 17.4 Å². The molecule has 0 bridgehead atoms. The molecule has 4 rings (SSSR count). The van der Waals surface area contributed by atoms with Crippen molar-refractivity contribution in [3.8, 4) is 17.0 Å². The van der Waals surface area contributed by atoms with Crippen LogP contribution in [0.2, 0.25) is 0 Å². The first-order valence-corrected chi connectivity index (χ1v) is 10.6. The van der Waals surface area contributed by atoms with Gasteiger partial charge in [-0.3, -0.25) is 4.79 Å². The van der Waals surface area contributed by atoms with Gasteiger partial charge in [0.05, 0.1) is 5.56 Å². The Balaban J connectivity index is 0.000000913. The molecule has 2 atom stereocenters. The zero-order chi connectivity index (χ0) is 23.3. The molecule has 4 N–H and O–H groups in total. The molecule has 2 heterocycles. The molecule has 1 aliphatic heterocycles. The number of aromatic nitrogens is 2. The summed E-state index contributed by atoms with van der Waals surface area (Å²) in [6.45, 7) is 3.73. The van der Waals surface area contributed by atoms with Crippen molar-refractivity contribution in [2.45, 2.75) is 57.2 Å². The van der Waals surface area contributed by atoms with Crippen LogP contribution < -0.4 is 10.6 Å². The third-order valence-corrected chi connectivity index (χ3v) is 5.89. The number of phenolic OH excluding ortho intramolecular Hbond substituents is 1. The van der Waals surface area contributed by atoms with Gasteiger partial charge in [-0.1, -0.05) is 6.92 Å². The number of hydrogen-bond acceptors (Lipinski definition) is 6. The quantitative estimate of drug-likeness (QED) is 0.518. The van der Waals surface area contributed by atoms with Crippen LogP contribution in [0.5, 0.6) is 5.75 Å². The van der Waals surface area contributed by atoms with Crippen LogP contribution in [0, 0.1) is 0 Å². The fourth-order valence-corrected chi connectivity index (χ4v) is 4.39. The Morgan fingerprint density at radius 2 is 1.97 bits per heavy atom. The first kappa shape index (κ1) is 23.8. The number of nitrogens with one attached hydrogen (secondary N) is 2. The fraction of sp³-hybridized carbons (Fsp3) is 0.500. The molecule has 174 valence electrons. The van der Waals surface area contributed by atoms with Gasteiger partial charge in [0.2, 0.25) is 0 Å². The monoisotopic (exact) mass is 452 g/mol. The van der Waals surface area contributed by atoms with Crippen molar-refractivity contribution < 1.29 is 28.2 Å². The highest BCUT2D eigenvalue weighted by Crippen LogP contribution is 2.43. The molecule has 1 fully saturated rings. The number of nitrogens with zero attached hydrogens (tertiary/aromatic N) is 2. The van der Waals surface area contributed by atoms with Crippen LogP contribution in [0.1, 0.15) is 55.2 Å². The summed E-state index contributed by atoms with van der Waals surface area (Å²) in [6.07, 6.45) is 0.483. The van der Waals surface area contributed by atoms with Crippen molar-refractivity contribution in [3.63, 3.8) is 0 Å². The van der Waals surface area contributed by atoms with E-state index in [9.17, 15) is 18.3 Å². The van der Waals surface area contributed by atoms with Gasteiger partial charge in [-0.15, -0.1) is 10.2 Å². The first-order chi connectivity index (χ1) is 15.3. The van der Waals surface area contributed by atoms with E-state index in [2.05, 4.69) is 27.8 Å². The predicted octanol–water partition coefficient (Wildman–Crippen LogP) is 4.17. The van der Waals surface area contributed by atoms with Crippen LogP contribution in [-0.4, -0.2) is 46.0 Å². The standard InChI is InChI=1S/C21H25F3N4O.CH2O2/c1-12-4-2-6-16-18(12)19(15-8-7-13(10-17(15)29)21(22,23)24)27-28-20(16)26-14-5-3-9-25-11-14;2-1-3/h7-8,10,12,14,25,29H,2-6,9,11H2,1H3,(H,26,28);1H,(H,2,3)/t12?,14-;/m1./s1. The zero-order valence-electron chi connectivity index (χ0n) is 17.7. The number of phenols is 1. The van der Waals surface area contributed by atoms with E-state index in [0.29, 0.717) is 11.3 Å². The Labute approximate surface area is 184 Å². The number of aromatic hydroxyl groups is 1. The second-order valence-electron chi connectivity index (χ2n) is 8.11. The molecule has 1 unspecified atom stereocenters. The minimum atomic E-state index is -4.50. The normalized spacial score (nSPS) is 20.5. The highest BCUT2D eigenvalue weighted by molar-refractivity contribution is 5.73. The number of piperidine rings is 1. The number of hydrogen-bond donors (Lipinski definition) is 4. The summed E-state index contributed by atoms with van der Waals surface area (Å²) in [6, 6.07) is 3.32. The molecule has 0 radical (unpaired) electrons. The number of alkyl halides is 3. The number of anilines is 1. The Bertz CT molecular complexity index is 947. The van der Waals surface area contributed by atoms with Gasteiger partial charge in [0.25, 0.3) is 6.47 Å². The minimum Gasteiger partial charge on any atom is -0.507 e. The number of carbonyl (C=O) groups is 1. The van der Waals surface area contributed by atoms with Crippen molar-refractivity contribution in [1.29, 1.82) is 0 Å². The molecule has 1 aromatic carbocycles. The topological polar surface area (TPSA) is 107 Å². The van der Waals surface area contributed by atoms with Gasteiger partial charge >= 0.3 is 6.18 Å². The summed E-state index contributed by atoms with van der Waals surface area (Å²) in [5.41, 5.74) is 1.94. The van der Waals surface area contributed by atoms with Crippen LogP contribution in [0.25, 0.3) is 11.3 Å². The van der Waals surface area contributed by atoms with E-state index in [-0.39, 0.29) is 18.4 Å². The molecule has 1 aliphatic carbocycles. The second kappa shape index (κ2) is 10.2. The molecule has 1 saturated heterocycles. The second-order valence-corrected chi connectivity index (χ2v) is 8.11. The largest absolute Gasteiger partial charge is 0.507 e. The lowest BCUT2D eigenvalue weighted by Gasteiger charge is -2.29. The van der Waals surface area contributed by atoms with Crippen molar-refractivity contribution in [1.82, 2.24) is 15.5 Å². The number of benzene rings is 1. The molecule has 0 spiro atoms. The van der Waals surface area contributed by atoms with E-state index in [4.69, 9.17) is 9.90 Å². The molecule has 2 aromatic rings. The van der Waals surface area contributed by atoms with Gasteiger partial charge in [-0.05, 0) is 68.3 Å². The maximum absolute atomic E-state index is 13.0. The van der Waals surface area contributed by atoms with Crippen LogP contribution in [0.3, 0.4) is 0 Å². The average molecular weight is 452 g/mol. The van der Waals surface area contributed by atoms with E-state index in [0.717, 1.165) is 74.3 Å². The maximum Gasteiger partial charge on any atom is 0.416 e. The van der Waals surface area contributed by atoms with E-state index >= 15 is 0 Å². The van der Waals surface area contributed by atoms with Crippen LogP contribution in [0.4, 0.5) is 19.0 Å². The Kier molecular flexibility index (Phi) is 7.55. The Morgan fingerprint density at radius 3 is 2.59 bits per heavy atom.